The molecule has 1 aliphatic rings. The lowest BCUT2D eigenvalue weighted by Gasteiger charge is -2.29. The van der Waals surface area contributed by atoms with Crippen LogP contribution in [0.1, 0.15) is 30.9 Å². The summed E-state index contributed by atoms with van der Waals surface area (Å²) >= 11 is 0. The average Bonchev–Trinajstić information content (AvgIpc) is 2.59. The van der Waals surface area contributed by atoms with Crippen LogP contribution >= 0.6 is 0 Å². The third-order valence-corrected chi connectivity index (χ3v) is 4.48. The number of carbonyl (C=O) groups excluding carboxylic acids is 1. The molecular formula is C20H21NO3. The molecule has 3 rings (SSSR count). The number of phenolic OH excluding ortho intramolecular Hbond substituents is 2. The van der Waals surface area contributed by atoms with Crippen molar-refractivity contribution in [3.05, 3.63) is 65.2 Å². The van der Waals surface area contributed by atoms with Crippen LogP contribution in [0.4, 0.5) is 0 Å². The van der Waals surface area contributed by atoms with Gasteiger partial charge in [0.25, 0.3) is 0 Å². The summed E-state index contributed by atoms with van der Waals surface area (Å²) in [6, 6.07) is 14.3. The fourth-order valence-corrected chi connectivity index (χ4v) is 3.17. The van der Waals surface area contributed by atoms with E-state index in [-0.39, 0.29) is 17.4 Å². The van der Waals surface area contributed by atoms with E-state index in [1.807, 2.05) is 29.2 Å². The van der Waals surface area contributed by atoms with E-state index in [0.29, 0.717) is 0 Å². The van der Waals surface area contributed by atoms with E-state index in [2.05, 4.69) is 0 Å². The molecule has 4 heteroatoms. The smallest absolute Gasteiger partial charge is 0.219 e. The van der Waals surface area contributed by atoms with Gasteiger partial charge in [-0.2, -0.15) is 0 Å². The van der Waals surface area contributed by atoms with Crippen molar-refractivity contribution >= 4 is 11.5 Å². The first-order valence-corrected chi connectivity index (χ1v) is 8.11. The van der Waals surface area contributed by atoms with Crippen molar-refractivity contribution in [1.29, 1.82) is 0 Å². The predicted molar refractivity (Wildman–Crippen MR) is 93.7 cm³/mol. The second-order valence-electron chi connectivity index (χ2n) is 6.08. The molecule has 0 unspecified atom stereocenters. The summed E-state index contributed by atoms with van der Waals surface area (Å²) in [5.74, 6) is 0.588. The number of rotatable bonds is 2. The van der Waals surface area contributed by atoms with Crippen LogP contribution in [-0.2, 0) is 4.79 Å². The zero-order valence-electron chi connectivity index (χ0n) is 13.7. The van der Waals surface area contributed by atoms with Crippen molar-refractivity contribution in [1.82, 2.24) is 4.90 Å². The van der Waals surface area contributed by atoms with E-state index < -0.39 is 0 Å². The van der Waals surface area contributed by atoms with Gasteiger partial charge in [0.15, 0.2) is 0 Å². The highest BCUT2D eigenvalue weighted by Crippen LogP contribution is 2.33. The van der Waals surface area contributed by atoms with Gasteiger partial charge in [0.05, 0.1) is 0 Å². The molecule has 0 aromatic heterocycles. The maximum Gasteiger partial charge on any atom is 0.219 e. The van der Waals surface area contributed by atoms with Crippen molar-refractivity contribution in [2.24, 2.45) is 0 Å². The summed E-state index contributed by atoms with van der Waals surface area (Å²) in [6.07, 6.45) is 1.66. The molecule has 0 bridgehead atoms. The standard InChI is InChI=1S/C20H21NO3/c1-14(22)21-12-10-17(11-13-21)20(15-2-6-18(23)7-3-15)16-4-8-19(24)9-5-16/h2-9,23-24H,10-13H2,1H3. The van der Waals surface area contributed by atoms with Crippen molar-refractivity contribution in [3.63, 3.8) is 0 Å². The number of phenols is 2. The highest BCUT2D eigenvalue weighted by molar-refractivity contribution is 5.83. The number of carbonyl (C=O) groups is 1. The molecule has 4 nitrogen and oxygen atoms in total. The van der Waals surface area contributed by atoms with Crippen molar-refractivity contribution in [2.45, 2.75) is 19.8 Å². The molecule has 0 spiro atoms. The number of hydrogen-bond donors (Lipinski definition) is 2. The second kappa shape index (κ2) is 6.79. The molecule has 2 aromatic rings. The summed E-state index contributed by atoms with van der Waals surface area (Å²) < 4.78 is 0. The van der Waals surface area contributed by atoms with Crippen molar-refractivity contribution in [2.75, 3.05) is 13.1 Å². The van der Waals surface area contributed by atoms with Crippen LogP contribution in [0.25, 0.3) is 5.57 Å². The predicted octanol–water partition coefficient (Wildman–Crippen LogP) is 3.54. The first kappa shape index (κ1) is 16.1. The van der Waals surface area contributed by atoms with E-state index in [4.69, 9.17) is 0 Å². The topological polar surface area (TPSA) is 60.8 Å². The quantitative estimate of drug-likeness (QED) is 0.888. The van der Waals surface area contributed by atoms with E-state index in [1.165, 1.54) is 5.57 Å². The maximum atomic E-state index is 11.5. The SMILES string of the molecule is CC(=O)N1CCC(=C(c2ccc(O)cc2)c2ccc(O)cc2)CC1. The summed E-state index contributed by atoms with van der Waals surface area (Å²) in [4.78, 5) is 13.4. The summed E-state index contributed by atoms with van der Waals surface area (Å²) in [5.41, 5.74) is 4.48. The fourth-order valence-electron chi connectivity index (χ4n) is 3.17. The number of benzene rings is 2. The Morgan fingerprint density at radius 1 is 0.833 bits per heavy atom. The Morgan fingerprint density at radius 2 is 1.25 bits per heavy atom. The molecule has 124 valence electrons. The Bertz CT molecular complexity index is 703. The maximum absolute atomic E-state index is 11.5. The van der Waals surface area contributed by atoms with Crippen LogP contribution in [0, 0.1) is 0 Å². The molecule has 1 amide bonds. The highest BCUT2D eigenvalue weighted by atomic mass is 16.3. The normalized spacial score (nSPS) is 14.5. The average molecular weight is 323 g/mol. The zero-order valence-corrected chi connectivity index (χ0v) is 13.7. The van der Waals surface area contributed by atoms with E-state index >= 15 is 0 Å². The second-order valence-corrected chi connectivity index (χ2v) is 6.08. The van der Waals surface area contributed by atoms with Gasteiger partial charge in [-0.25, -0.2) is 0 Å². The van der Waals surface area contributed by atoms with E-state index in [9.17, 15) is 15.0 Å². The van der Waals surface area contributed by atoms with Gasteiger partial charge >= 0.3 is 0 Å². The number of nitrogens with zero attached hydrogens (tertiary/aromatic N) is 1. The molecule has 2 N–H and O–H groups in total. The van der Waals surface area contributed by atoms with Gasteiger partial charge in [-0.15, -0.1) is 0 Å². The van der Waals surface area contributed by atoms with E-state index in [1.54, 1.807) is 31.2 Å². The Morgan fingerprint density at radius 3 is 1.62 bits per heavy atom. The summed E-state index contributed by atoms with van der Waals surface area (Å²) in [6.45, 7) is 3.06. The molecule has 1 heterocycles. The van der Waals surface area contributed by atoms with E-state index in [0.717, 1.165) is 42.6 Å². The van der Waals surface area contributed by atoms with Crippen LogP contribution in [-0.4, -0.2) is 34.1 Å². The highest BCUT2D eigenvalue weighted by Gasteiger charge is 2.20. The lowest BCUT2D eigenvalue weighted by atomic mass is 9.88. The molecule has 1 saturated heterocycles. The summed E-state index contributed by atoms with van der Waals surface area (Å²) in [5, 5.41) is 19.1. The van der Waals surface area contributed by atoms with Crippen LogP contribution < -0.4 is 0 Å². The van der Waals surface area contributed by atoms with Crippen LogP contribution in [0.5, 0.6) is 11.5 Å². The van der Waals surface area contributed by atoms with Gasteiger partial charge in [-0.3, -0.25) is 4.79 Å². The number of likely N-dealkylation sites (tertiary alicyclic amines) is 1. The minimum absolute atomic E-state index is 0.116. The first-order valence-electron chi connectivity index (χ1n) is 8.11. The molecule has 0 aliphatic carbocycles. The molecule has 2 aromatic carbocycles. The van der Waals surface area contributed by atoms with Gasteiger partial charge in [-0.05, 0) is 53.8 Å². The van der Waals surface area contributed by atoms with Crippen molar-refractivity contribution < 1.29 is 15.0 Å². The molecule has 24 heavy (non-hydrogen) atoms. The first-order chi connectivity index (χ1) is 11.5. The Hall–Kier alpha value is -2.75. The number of aromatic hydroxyl groups is 2. The fraction of sp³-hybridized carbons (Fsp3) is 0.250. The molecule has 0 saturated carbocycles. The van der Waals surface area contributed by atoms with Crippen LogP contribution in [0.15, 0.2) is 54.1 Å². The monoisotopic (exact) mass is 323 g/mol. The zero-order chi connectivity index (χ0) is 17.1. The van der Waals surface area contributed by atoms with Gasteiger partial charge < -0.3 is 15.1 Å². The Balaban J connectivity index is 2.02. The van der Waals surface area contributed by atoms with Crippen molar-refractivity contribution in [3.8, 4) is 11.5 Å². The van der Waals surface area contributed by atoms with Gasteiger partial charge in [-0.1, -0.05) is 29.8 Å². The minimum Gasteiger partial charge on any atom is -0.508 e. The van der Waals surface area contributed by atoms with Gasteiger partial charge in [0.1, 0.15) is 11.5 Å². The molecule has 1 fully saturated rings. The Labute approximate surface area is 141 Å². The molecular weight excluding hydrogens is 302 g/mol. The largest absolute Gasteiger partial charge is 0.508 e. The third-order valence-electron chi connectivity index (χ3n) is 4.48. The third kappa shape index (κ3) is 3.43. The summed E-state index contributed by atoms with van der Waals surface area (Å²) in [7, 11) is 0. The van der Waals surface area contributed by atoms with Gasteiger partial charge in [0.2, 0.25) is 5.91 Å². The number of amides is 1. The molecule has 0 radical (unpaired) electrons. The van der Waals surface area contributed by atoms with Crippen LogP contribution in [0.2, 0.25) is 0 Å². The number of hydrogen-bond acceptors (Lipinski definition) is 3. The number of piperidine rings is 1. The van der Waals surface area contributed by atoms with Crippen LogP contribution in [0.3, 0.4) is 0 Å². The minimum atomic E-state index is 0.116. The lowest BCUT2D eigenvalue weighted by molar-refractivity contribution is -0.129. The van der Waals surface area contributed by atoms with Gasteiger partial charge in [0, 0.05) is 20.0 Å². The molecule has 0 atom stereocenters. The Kier molecular flexibility index (Phi) is 4.56. The molecule has 1 aliphatic heterocycles. The lowest BCUT2D eigenvalue weighted by Crippen LogP contribution is -2.34.